The Morgan fingerprint density at radius 2 is 1.83 bits per heavy atom. The molecule has 0 aliphatic carbocycles. The standard InChI is InChI=1S/C17H22FN3O3/c1-4-17(5-2)15(23)21(16(24)20-17)10-14(22)19-11(3)12-6-8-13(18)9-7-12/h6-9,11H,4-5,10H2,1-3H3,(H,19,22)(H,20,24)/t11-/m1/s1. The zero-order valence-electron chi connectivity index (χ0n) is 14.1. The summed E-state index contributed by atoms with van der Waals surface area (Å²) >= 11 is 0. The van der Waals surface area contributed by atoms with E-state index in [0.29, 0.717) is 12.8 Å². The Kier molecular flexibility index (Phi) is 5.21. The van der Waals surface area contributed by atoms with Gasteiger partial charge in [0.2, 0.25) is 5.91 Å². The number of urea groups is 1. The number of carbonyl (C=O) groups is 3. The average Bonchev–Trinajstić information content (AvgIpc) is 2.80. The molecule has 130 valence electrons. The van der Waals surface area contributed by atoms with E-state index < -0.39 is 17.5 Å². The van der Waals surface area contributed by atoms with Crippen molar-refractivity contribution in [2.45, 2.75) is 45.2 Å². The number of carbonyl (C=O) groups excluding carboxylic acids is 3. The van der Waals surface area contributed by atoms with Crippen LogP contribution >= 0.6 is 0 Å². The molecular weight excluding hydrogens is 313 g/mol. The van der Waals surface area contributed by atoms with Crippen molar-refractivity contribution in [2.24, 2.45) is 0 Å². The molecule has 0 aromatic heterocycles. The number of nitrogens with zero attached hydrogens (tertiary/aromatic N) is 1. The second-order valence-corrected chi connectivity index (χ2v) is 5.95. The van der Waals surface area contributed by atoms with Crippen molar-refractivity contribution in [3.05, 3.63) is 35.6 Å². The number of rotatable bonds is 6. The van der Waals surface area contributed by atoms with E-state index in [-0.39, 0.29) is 24.3 Å². The van der Waals surface area contributed by atoms with Crippen molar-refractivity contribution in [2.75, 3.05) is 6.54 Å². The molecule has 1 heterocycles. The molecule has 2 N–H and O–H groups in total. The molecule has 0 spiro atoms. The van der Waals surface area contributed by atoms with Gasteiger partial charge in [-0.2, -0.15) is 0 Å². The summed E-state index contributed by atoms with van der Waals surface area (Å²) in [6.07, 6.45) is 0.941. The number of nitrogens with one attached hydrogen (secondary N) is 2. The van der Waals surface area contributed by atoms with Crippen LogP contribution in [0.25, 0.3) is 0 Å². The molecule has 6 nitrogen and oxygen atoms in total. The van der Waals surface area contributed by atoms with Crippen LogP contribution in [-0.4, -0.2) is 34.8 Å². The Morgan fingerprint density at radius 1 is 1.25 bits per heavy atom. The summed E-state index contributed by atoms with van der Waals surface area (Å²) in [7, 11) is 0. The Bertz CT molecular complexity index is 641. The first-order valence-electron chi connectivity index (χ1n) is 8.02. The SMILES string of the molecule is CCC1(CC)NC(=O)N(CC(=O)N[C@H](C)c2ccc(F)cc2)C1=O. The summed E-state index contributed by atoms with van der Waals surface area (Å²) in [6, 6.07) is 4.87. The van der Waals surface area contributed by atoms with Gasteiger partial charge in [-0.15, -0.1) is 0 Å². The smallest absolute Gasteiger partial charge is 0.325 e. The largest absolute Gasteiger partial charge is 0.348 e. The van der Waals surface area contributed by atoms with Gasteiger partial charge >= 0.3 is 6.03 Å². The normalized spacial score (nSPS) is 17.6. The molecule has 7 heteroatoms. The lowest BCUT2D eigenvalue weighted by Gasteiger charge is -2.23. The fourth-order valence-corrected chi connectivity index (χ4v) is 2.81. The van der Waals surface area contributed by atoms with E-state index in [1.165, 1.54) is 12.1 Å². The van der Waals surface area contributed by atoms with Crippen LogP contribution in [0, 0.1) is 5.82 Å². The van der Waals surface area contributed by atoms with Gasteiger partial charge in [0, 0.05) is 0 Å². The van der Waals surface area contributed by atoms with Crippen LogP contribution in [0.5, 0.6) is 0 Å². The first-order valence-corrected chi connectivity index (χ1v) is 8.02. The molecule has 1 fully saturated rings. The highest BCUT2D eigenvalue weighted by Crippen LogP contribution is 2.24. The van der Waals surface area contributed by atoms with Gasteiger partial charge in [-0.1, -0.05) is 26.0 Å². The van der Waals surface area contributed by atoms with Crippen LogP contribution in [0.1, 0.15) is 45.2 Å². The van der Waals surface area contributed by atoms with Gasteiger partial charge in [0.25, 0.3) is 5.91 Å². The van der Waals surface area contributed by atoms with Crippen LogP contribution in [0.2, 0.25) is 0 Å². The van der Waals surface area contributed by atoms with Gasteiger partial charge in [0.15, 0.2) is 0 Å². The predicted molar refractivity (Wildman–Crippen MR) is 86.5 cm³/mol. The van der Waals surface area contributed by atoms with E-state index in [2.05, 4.69) is 10.6 Å². The van der Waals surface area contributed by atoms with E-state index in [1.807, 2.05) is 13.8 Å². The Balaban J connectivity index is 2.00. The molecule has 0 radical (unpaired) electrons. The molecular formula is C17H22FN3O3. The number of amides is 4. The van der Waals surface area contributed by atoms with E-state index in [4.69, 9.17) is 0 Å². The van der Waals surface area contributed by atoms with E-state index in [0.717, 1.165) is 10.5 Å². The van der Waals surface area contributed by atoms with Gasteiger partial charge in [-0.05, 0) is 37.5 Å². The lowest BCUT2D eigenvalue weighted by Crippen LogP contribution is -2.46. The highest BCUT2D eigenvalue weighted by Gasteiger charge is 2.49. The predicted octanol–water partition coefficient (Wildman–Crippen LogP) is 2.11. The molecule has 1 aromatic carbocycles. The first-order chi connectivity index (χ1) is 11.3. The summed E-state index contributed by atoms with van der Waals surface area (Å²) in [4.78, 5) is 37.6. The average molecular weight is 335 g/mol. The molecule has 1 aromatic rings. The van der Waals surface area contributed by atoms with Crippen molar-refractivity contribution in [3.63, 3.8) is 0 Å². The highest BCUT2D eigenvalue weighted by atomic mass is 19.1. The second-order valence-electron chi connectivity index (χ2n) is 5.95. The number of hydrogen-bond acceptors (Lipinski definition) is 3. The minimum Gasteiger partial charge on any atom is -0.348 e. The molecule has 2 rings (SSSR count). The van der Waals surface area contributed by atoms with E-state index in [9.17, 15) is 18.8 Å². The minimum atomic E-state index is -0.917. The van der Waals surface area contributed by atoms with Gasteiger partial charge in [0.1, 0.15) is 17.9 Å². The van der Waals surface area contributed by atoms with Gasteiger partial charge in [-0.3, -0.25) is 14.5 Å². The molecule has 1 saturated heterocycles. The number of halogens is 1. The highest BCUT2D eigenvalue weighted by molar-refractivity contribution is 6.09. The number of benzene rings is 1. The third-order valence-electron chi connectivity index (χ3n) is 4.50. The molecule has 24 heavy (non-hydrogen) atoms. The fourth-order valence-electron chi connectivity index (χ4n) is 2.81. The third kappa shape index (κ3) is 3.39. The maximum atomic E-state index is 12.9. The van der Waals surface area contributed by atoms with Gasteiger partial charge < -0.3 is 10.6 Å². The summed E-state index contributed by atoms with van der Waals surface area (Å²) in [6.45, 7) is 5.06. The summed E-state index contributed by atoms with van der Waals surface area (Å²) in [5, 5.41) is 5.39. The number of hydrogen-bond donors (Lipinski definition) is 2. The Labute approximate surface area is 140 Å². The third-order valence-corrected chi connectivity index (χ3v) is 4.50. The quantitative estimate of drug-likeness (QED) is 0.782. The molecule has 1 atom stereocenters. The van der Waals surface area contributed by atoms with Crippen LogP contribution in [0.3, 0.4) is 0 Å². The summed E-state index contributed by atoms with van der Waals surface area (Å²) < 4.78 is 12.9. The molecule has 4 amide bonds. The Morgan fingerprint density at radius 3 is 2.33 bits per heavy atom. The first kappa shape index (κ1) is 17.9. The lowest BCUT2D eigenvalue weighted by molar-refractivity contribution is -0.135. The van der Waals surface area contributed by atoms with Crippen molar-refractivity contribution in [3.8, 4) is 0 Å². The monoisotopic (exact) mass is 335 g/mol. The van der Waals surface area contributed by atoms with Crippen molar-refractivity contribution >= 4 is 17.8 Å². The maximum Gasteiger partial charge on any atom is 0.325 e. The number of imide groups is 1. The molecule has 1 aliphatic heterocycles. The molecule has 0 bridgehead atoms. The lowest BCUT2D eigenvalue weighted by atomic mass is 9.93. The van der Waals surface area contributed by atoms with Gasteiger partial charge in [0.05, 0.1) is 6.04 Å². The molecule has 0 unspecified atom stereocenters. The maximum absolute atomic E-state index is 12.9. The second kappa shape index (κ2) is 6.98. The van der Waals surface area contributed by atoms with Gasteiger partial charge in [-0.25, -0.2) is 9.18 Å². The van der Waals surface area contributed by atoms with E-state index in [1.54, 1.807) is 19.1 Å². The zero-order valence-corrected chi connectivity index (χ0v) is 14.1. The van der Waals surface area contributed by atoms with Crippen LogP contribution in [0.4, 0.5) is 9.18 Å². The fraction of sp³-hybridized carbons (Fsp3) is 0.471. The molecule has 0 saturated carbocycles. The van der Waals surface area contributed by atoms with Crippen molar-refractivity contribution < 1.29 is 18.8 Å². The summed E-state index contributed by atoms with van der Waals surface area (Å²) in [5.74, 6) is -1.17. The summed E-state index contributed by atoms with van der Waals surface area (Å²) in [5.41, 5.74) is -0.182. The van der Waals surface area contributed by atoms with Crippen molar-refractivity contribution in [1.29, 1.82) is 0 Å². The van der Waals surface area contributed by atoms with Crippen molar-refractivity contribution in [1.82, 2.24) is 15.5 Å². The zero-order chi connectivity index (χ0) is 17.9. The topological polar surface area (TPSA) is 78.5 Å². The van der Waals surface area contributed by atoms with Crippen LogP contribution < -0.4 is 10.6 Å². The molecule has 1 aliphatic rings. The van der Waals surface area contributed by atoms with Crippen LogP contribution in [0.15, 0.2) is 24.3 Å². The minimum absolute atomic E-state index is 0.335. The van der Waals surface area contributed by atoms with E-state index >= 15 is 0 Å². The Hall–Kier alpha value is -2.44. The van der Waals surface area contributed by atoms with Crippen LogP contribution in [-0.2, 0) is 9.59 Å².